The van der Waals surface area contributed by atoms with E-state index in [0.717, 1.165) is 37.5 Å². The van der Waals surface area contributed by atoms with Crippen LogP contribution >= 0.6 is 0 Å². The summed E-state index contributed by atoms with van der Waals surface area (Å²) in [4.78, 5) is 20.4. The van der Waals surface area contributed by atoms with Crippen LogP contribution in [-0.2, 0) is 9.59 Å². The van der Waals surface area contributed by atoms with Gasteiger partial charge >= 0.3 is 48.9 Å². The maximum Gasteiger partial charge on any atom is 2.00 e. The SMILES string of the molecule is CC(C)CCCCCCCCCCCCCCC(=O)[O-].CC(C)CCCCCCCCCCCCCCC(=O)[O-].[Ba+2]. The fourth-order valence-corrected chi connectivity index (χ4v) is 5.18. The Morgan fingerprint density at radius 3 is 0.707 bits per heavy atom. The third kappa shape index (κ3) is 50.4. The fourth-order valence-electron chi connectivity index (χ4n) is 5.18. The average Bonchev–Trinajstić information content (AvgIpc) is 2.88. The number of carbonyl (C=O) groups excluding carboxylic acids is 2. The molecule has 0 unspecified atom stereocenters. The molecule has 0 atom stereocenters. The van der Waals surface area contributed by atoms with E-state index < -0.39 is 11.9 Å². The second kappa shape index (κ2) is 38.5. The molecule has 0 aliphatic rings. The van der Waals surface area contributed by atoms with Crippen LogP contribution in [0.2, 0.25) is 0 Å². The third-order valence-electron chi connectivity index (χ3n) is 7.82. The molecule has 0 radical (unpaired) electrons. The van der Waals surface area contributed by atoms with Crippen LogP contribution in [0, 0.1) is 11.8 Å². The molecular weight excluding hydrogens is 634 g/mol. The van der Waals surface area contributed by atoms with Crippen molar-refractivity contribution >= 4 is 60.8 Å². The second-order valence-corrected chi connectivity index (χ2v) is 13.1. The van der Waals surface area contributed by atoms with E-state index >= 15 is 0 Å². The van der Waals surface area contributed by atoms with E-state index in [1.54, 1.807) is 0 Å². The molecule has 0 rings (SSSR count). The summed E-state index contributed by atoms with van der Waals surface area (Å²) in [7, 11) is 0. The summed E-state index contributed by atoms with van der Waals surface area (Å²) in [6.45, 7) is 9.22. The van der Waals surface area contributed by atoms with Crippen molar-refractivity contribution in [1.29, 1.82) is 0 Å². The number of carboxylic acid groups (broad SMARTS) is 2. The molecule has 240 valence electrons. The Balaban J connectivity index is -0.000000688. The van der Waals surface area contributed by atoms with Gasteiger partial charge in [-0.25, -0.2) is 0 Å². The van der Waals surface area contributed by atoms with Crippen molar-refractivity contribution in [2.24, 2.45) is 11.8 Å². The summed E-state index contributed by atoms with van der Waals surface area (Å²) in [5.41, 5.74) is 0. The van der Waals surface area contributed by atoms with Crippen LogP contribution in [0.4, 0.5) is 0 Å². The molecule has 0 aromatic carbocycles. The van der Waals surface area contributed by atoms with E-state index in [2.05, 4.69) is 27.7 Å². The molecule has 0 spiro atoms. The fraction of sp³-hybridized carbons (Fsp3) is 0.944. The largest absolute Gasteiger partial charge is 2.00 e. The van der Waals surface area contributed by atoms with Crippen molar-refractivity contribution in [3.05, 3.63) is 0 Å². The Bertz CT molecular complexity index is 476. The van der Waals surface area contributed by atoms with E-state index in [4.69, 9.17) is 0 Å². The first-order valence-corrected chi connectivity index (χ1v) is 17.6. The van der Waals surface area contributed by atoms with Crippen molar-refractivity contribution in [3.63, 3.8) is 0 Å². The van der Waals surface area contributed by atoms with Gasteiger partial charge < -0.3 is 19.8 Å². The Morgan fingerprint density at radius 2 is 0.537 bits per heavy atom. The minimum Gasteiger partial charge on any atom is -0.550 e. The van der Waals surface area contributed by atoms with Gasteiger partial charge in [-0.1, -0.05) is 182 Å². The Hall–Kier alpha value is 0.511. The number of aliphatic carboxylic acids is 2. The number of carboxylic acids is 2. The van der Waals surface area contributed by atoms with Gasteiger partial charge in [0.1, 0.15) is 0 Å². The van der Waals surface area contributed by atoms with E-state index in [1.807, 2.05) is 0 Å². The van der Waals surface area contributed by atoms with Crippen LogP contribution in [0.25, 0.3) is 0 Å². The summed E-state index contributed by atoms with van der Waals surface area (Å²) in [6.07, 6.45) is 34.0. The minimum atomic E-state index is -0.904. The Labute approximate surface area is 297 Å². The normalized spacial score (nSPS) is 10.9. The molecule has 41 heavy (non-hydrogen) atoms. The Kier molecular flexibility index (Phi) is 43.2. The number of hydrogen-bond acceptors (Lipinski definition) is 4. The van der Waals surface area contributed by atoms with Crippen molar-refractivity contribution in [2.75, 3.05) is 0 Å². The van der Waals surface area contributed by atoms with Gasteiger partial charge in [0.15, 0.2) is 0 Å². The molecule has 0 fully saturated rings. The monoisotopic (exact) mass is 704 g/mol. The molecule has 0 heterocycles. The van der Waals surface area contributed by atoms with E-state index in [-0.39, 0.29) is 61.7 Å². The van der Waals surface area contributed by atoms with Gasteiger partial charge in [0.05, 0.1) is 0 Å². The smallest absolute Gasteiger partial charge is 0.550 e. The first kappa shape index (κ1) is 45.9. The molecule has 0 saturated heterocycles. The van der Waals surface area contributed by atoms with E-state index in [0.29, 0.717) is 0 Å². The third-order valence-corrected chi connectivity index (χ3v) is 7.82. The van der Waals surface area contributed by atoms with Crippen LogP contribution in [-0.4, -0.2) is 60.8 Å². The predicted octanol–water partition coefficient (Wildman–Crippen LogP) is 9.33. The predicted molar refractivity (Wildman–Crippen MR) is 175 cm³/mol. The van der Waals surface area contributed by atoms with E-state index in [9.17, 15) is 19.8 Å². The van der Waals surface area contributed by atoms with Gasteiger partial charge in [0.2, 0.25) is 0 Å². The Morgan fingerprint density at radius 1 is 0.366 bits per heavy atom. The molecular formula is C36H70BaO4. The van der Waals surface area contributed by atoms with Gasteiger partial charge in [-0.15, -0.1) is 0 Å². The molecule has 0 saturated carbocycles. The van der Waals surface area contributed by atoms with Crippen molar-refractivity contribution in [2.45, 2.75) is 207 Å². The quantitative estimate of drug-likeness (QED) is 0.0552. The summed E-state index contributed by atoms with van der Waals surface area (Å²) in [5.74, 6) is -0.0830. The summed E-state index contributed by atoms with van der Waals surface area (Å²) >= 11 is 0. The van der Waals surface area contributed by atoms with Gasteiger partial charge in [-0.3, -0.25) is 0 Å². The van der Waals surface area contributed by atoms with Gasteiger partial charge in [-0.05, 0) is 37.5 Å². The van der Waals surface area contributed by atoms with Crippen molar-refractivity contribution < 1.29 is 19.8 Å². The summed E-state index contributed by atoms with van der Waals surface area (Å²) in [6, 6.07) is 0. The molecule has 0 aromatic heterocycles. The number of unbranched alkanes of at least 4 members (excludes halogenated alkanes) is 22. The van der Waals surface area contributed by atoms with Crippen LogP contribution in [0.15, 0.2) is 0 Å². The maximum atomic E-state index is 10.2. The average molecular weight is 704 g/mol. The molecule has 0 aromatic rings. The molecule has 4 nitrogen and oxygen atoms in total. The summed E-state index contributed by atoms with van der Waals surface area (Å²) < 4.78 is 0. The van der Waals surface area contributed by atoms with Gasteiger partial charge in [0.25, 0.3) is 0 Å². The van der Waals surface area contributed by atoms with Gasteiger partial charge in [-0.2, -0.15) is 0 Å². The van der Waals surface area contributed by atoms with Crippen LogP contribution in [0.5, 0.6) is 0 Å². The minimum absolute atomic E-state index is 0. The van der Waals surface area contributed by atoms with Crippen molar-refractivity contribution in [1.82, 2.24) is 0 Å². The second-order valence-electron chi connectivity index (χ2n) is 13.1. The van der Waals surface area contributed by atoms with Crippen LogP contribution in [0.3, 0.4) is 0 Å². The standard InChI is InChI=1S/2C18H36O2.Ba/c2*1-17(2)15-13-11-9-7-5-3-4-6-8-10-12-14-16-18(19)20;/h2*17H,3-16H2,1-2H3,(H,19,20);/q;;+2/p-2. The molecule has 0 bridgehead atoms. The van der Waals surface area contributed by atoms with Crippen LogP contribution < -0.4 is 10.2 Å². The molecule has 0 N–H and O–H groups in total. The van der Waals surface area contributed by atoms with Gasteiger partial charge in [0, 0.05) is 11.9 Å². The zero-order valence-electron chi connectivity index (χ0n) is 28.3. The first-order valence-electron chi connectivity index (χ1n) is 17.6. The number of carbonyl (C=O) groups is 2. The van der Waals surface area contributed by atoms with E-state index in [1.165, 1.54) is 141 Å². The number of hydrogen-bond donors (Lipinski definition) is 0. The zero-order valence-corrected chi connectivity index (χ0v) is 32.7. The molecule has 0 aliphatic heterocycles. The topological polar surface area (TPSA) is 80.3 Å². The number of rotatable bonds is 30. The zero-order chi connectivity index (χ0) is 30.1. The first-order chi connectivity index (χ1) is 19.3. The maximum absolute atomic E-state index is 10.2. The summed E-state index contributed by atoms with van der Waals surface area (Å²) in [5, 5.41) is 20.4. The molecule has 0 amide bonds. The molecule has 0 aliphatic carbocycles. The molecule has 5 heteroatoms. The van der Waals surface area contributed by atoms with Crippen LogP contribution in [0.1, 0.15) is 207 Å². The van der Waals surface area contributed by atoms with Crippen molar-refractivity contribution in [3.8, 4) is 0 Å².